The molecular formula is C11H12F3NO. The van der Waals surface area contributed by atoms with E-state index in [1.165, 1.54) is 12.1 Å². The maximum Gasteiger partial charge on any atom is 0.250 e. The number of halogens is 3. The Bertz CT molecular complexity index is 370. The van der Waals surface area contributed by atoms with Crippen molar-refractivity contribution in [2.24, 2.45) is 0 Å². The van der Waals surface area contributed by atoms with Crippen LogP contribution in [-0.2, 0) is 6.42 Å². The largest absolute Gasteiger partial charge is 0.488 e. The van der Waals surface area contributed by atoms with E-state index >= 15 is 0 Å². The molecule has 0 spiro atoms. The lowest BCUT2D eigenvalue weighted by Gasteiger charge is -2.11. The zero-order valence-corrected chi connectivity index (χ0v) is 8.55. The smallest absolute Gasteiger partial charge is 0.250 e. The van der Waals surface area contributed by atoms with Crippen LogP contribution in [0.3, 0.4) is 0 Å². The number of nitrogens with one attached hydrogen (secondary N) is 1. The van der Waals surface area contributed by atoms with Crippen molar-refractivity contribution < 1.29 is 17.9 Å². The third kappa shape index (κ3) is 2.66. The van der Waals surface area contributed by atoms with E-state index in [9.17, 15) is 13.2 Å². The van der Waals surface area contributed by atoms with Crippen molar-refractivity contribution >= 4 is 0 Å². The summed E-state index contributed by atoms with van der Waals surface area (Å²) in [7, 11) is 0. The summed E-state index contributed by atoms with van der Waals surface area (Å²) in [6, 6.07) is 4.31. The normalized spacial score (nSPS) is 18.6. The molecule has 88 valence electrons. The Morgan fingerprint density at radius 3 is 3.00 bits per heavy atom. The van der Waals surface area contributed by atoms with Crippen LogP contribution >= 0.6 is 0 Å². The average molecular weight is 231 g/mol. The summed E-state index contributed by atoms with van der Waals surface area (Å²) in [4.78, 5) is 0. The molecule has 1 aromatic carbocycles. The van der Waals surface area contributed by atoms with Gasteiger partial charge in [0, 0.05) is 18.5 Å². The molecule has 1 aliphatic rings. The predicted octanol–water partition coefficient (Wildman–Crippen LogP) is 1.98. The van der Waals surface area contributed by atoms with Gasteiger partial charge in [-0.1, -0.05) is 0 Å². The first kappa shape index (κ1) is 11.3. The number of alkyl halides is 2. The summed E-state index contributed by atoms with van der Waals surface area (Å²) in [5.41, 5.74) is 0.795. The molecule has 0 aromatic heterocycles. The lowest BCUT2D eigenvalue weighted by atomic mass is 10.1. The van der Waals surface area contributed by atoms with Crippen LogP contribution in [-0.4, -0.2) is 25.6 Å². The maximum atomic E-state index is 12.9. The van der Waals surface area contributed by atoms with E-state index in [2.05, 4.69) is 5.32 Å². The highest BCUT2D eigenvalue weighted by atomic mass is 19.3. The van der Waals surface area contributed by atoms with Gasteiger partial charge in [0.05, 0.1) is 6.54 Å². The number of ether oxygens (including phenoxy) is 1. The molecule has 5 heteroatoms. The van der Waals surface area contributed by atoms with E-state index < -0.39 is 6.43 Å². The maximum absolute atomic E-state index is 12.9. The van der Waals surface area contributed by atoms with Gasteiger partial charge in [0.2, 0.25) is 0 Å². The molecule has 1 unspecified atom stereocenters. The topological polar surface area (TPSA) is 21.3 Å². The molecule has 2 rings (SSSR count). The number of benzene rings is 1. The molecule has 0 amide bonds. The Balaban J connectivity index is 1.86. The van der Waals surface area contributed by atoms with Gasteiger partial charge >= 0.3 is 0 Å². The Morgan fingerprint density at radius 2 is 2.25 bits per heavy atom. The number of rotatable bonds is 4. The van der Waals surface area contributed by atoms with Crippen molar-refractivity contribution in [2.75, 3.05) is 13.1 Å². The van der Waals surface area contributed by atoms with E-state index in [0.29, 0.717) is 18.7 Å². The second kappa shape index (κ2) is 4.74. The summed E-state index contributed by atoms with van der Waals surface area (Å²) in [5.74, 6) is 0.341. The Hall–Kier alpha value is -1.23. The van der Waals surface area contributed by atoms with Crippen molar-refractivity contribution in [3.63, 3.8) is 0 Å². The molecule has 0 radical (unpaired) electrons. The molecule has 0 saturated carbocycles. The molecule has 0 aliphatic carbocycles. The van der Waals surface area contributed by atoms with Gasteiger partial charge in [0.25, 0.3) is 6.43 Å². The van der Waals surface area contributed by atoms with Gasteiger partial charge in [-0.25, -0.2) is 13.2 Å². The van der Waals surface area contributed by atoms with Crippen LogP contribution in [0, 0.1) is 5.82 Å². The van der Waals surface area contributed by atoms with Crippen molar-refractivity contribution in [3.8, 4) is 5.75 Å². The third-order valence-electron chi connectivity index (χ3n) is 2.43. The first-order valence-electron chi connectivity index (χ1n) is 5.09. The predicted molar refractivity (Wildman–Crippen MR) is 53.4 cm³/mol. The van der Waals surface area contributed by atoms with Gasteiger partial charge in [-0.2, -0.15) is 0 Å². The van der Waals surface area contributed by atoms with Gasteiger partial charge < -0.3 is 10.1 Å². The molecule has 0 bridgehead atoms. The quantitative estimate of drug-likeness (QED) is 0.855. The van der Waals surface area contributed by atoms with Crippen molar-refractivity contribution in [3.05, 3.63) is 29.6 Å². The zero-order chi connectivity index (χ0) is 11.5. The molecule has 2 nitrogen and oxygen atoms in total. The second-order valence-electron chi connectivity index (χ2n) is 3.75. The lowest BCUT2D eigenvalue weighted by Crippen LogP contribution is -2.32. The summed E-state index contributed by atoms with van der Waals surface area (Å²) in [6.07, 6.45) is -1.99. The highest BCUT2D eigenvalue weighted by Crippen LogP contribution is 2.28. The van der Waals surface area contributed by atoms with E-state index in [4.69, 9.17) is 4.74 Å². The van der Waals surface area contributed by atoms with E-state index in [-0.39, 0.29) is 18.5 Å². The fourth-order valence-corrected chi connectivity index (χ4v) is 1.76. The van der Waals surface area contributed by atoms with Crippen molar-refractivity contribution in [1.82, 2.24) is 5.32 Å². The minimum Gasteiger partial charge on any atom is -0.488 e. The molecule has 0 fully saturated rings. The highest BCUT2D eigenvalue weighted by Gasteiger charge is 2.22. The zero-order valence-electron chi connectivity index (χ0n) is 8.55. The Morgan fingerprint density at radius 1 is 1.44 bits per heavy atom. The lowest BCUT2D eigenvalue weighted by molar-refractivity contribution is 0.138. The summed E-state index contributed by atoms with van der Waals surface area (Å²) < 4.78 is 42.1. The van der Waals surface area contributed by atoms with Crippen molar-refractivity contribution in [2.45, 2.75) is 19.0 Å². The van der Waals surface area contributed by atoms with Crippen molar-refractivity contribution in [1.29, 1.82) is 0 Å². The van der Waals surface area contributed by atoms with Crippen LogP contribution in [0.4, 0.5) is 13.2 Å². The monoisotopic (exact) mass is 231 g/mol. The van der Waals surface area contributed by atoms with Crippen LogP contribution in [0.15, 0.2) is 18.2 Å². The molecule has 1 aromatic rings. The molecule has 16 heavy (non-hydrogen) atoms. The van der Waals surface area contributed by atoms with Crippen LogP contribution in [0.25, 0.3) is 0 Å². The van der Waals surface area contributed by atoms with Crippen LogP contribution < -0.4 is 10.1 Å². The van der Waals surface area contributed by atoms with Crippen LogP contribution in [0.1, 0.15) is 5.56 Å². The minimum atomic E-state index is -2.36. The molecular weight excluding hydrogens is 219 g/mol. The Kier molecular flexibility index (Phi) is 3.33. The fourth-order valence-electron chi connectivity index (χ4n) is 1.76. The molecule has 1 heterocycles. The van der Waals surface area contributed by atoms with Crippen LogP contribution in [0.5, 0.6) is 5.75 Å². The average Bonchev–Trinajstić information content (AvgIpc) is 2.58. The first-order valence-corrected chi connectivity index (χ1v) is 5.09. The molecule has 0 saturated heterocycles. The molecule has 1 N–H and O–H groups in total. The van der Waals surface area contributed by atoms with Gasteiger partial charge in [0.15, 0.2) is 0 Å². The SMILES string of the molecule is Fc1ccc2c(c1)CC(CNCC(F)F)O2. The first-order chi connectivity index (χ1) is 7.65. The highest BCUT2D eigenvalue weighted by molar-refractivity contribution is 5.37. The third-order valence-corrected chi connectivity index (χ3v) is 2.43. The number of hydrogen-bond acceptors (Lipinski definition) is 2. The van der Waals surface area contributed by atoms with Gasteiger partial charge in [-0.05, 0) is 18.2 Å². The fraction of sp³-hybridized carbons (Fsp3) is 0.455. The Labute approximate surface area is 91.4 Å². The van der Waals surface area contributed by atoms with E-state index in [1.807, 2.05) is 0 Å². The number of hydrogen-bond donors (Lipinski definition) is 1. The summed E-state index contributed by atoms with van der Waals surface area (Å²) in [6.45, 7) is 0.00516. The van der Waals surface area contributed by atoms with Gasteiger partial charge in [0.1, 0.15) is 17.7 Å². The van der Waals surface area contributed by atoms with E-state index in [1.54, 1.807) is 6.07 Å². The van der Waals surface area contributed by atoms with Gasteiger partial charge in [-0.15, -0.1) is 0 Å². The van der Waals surface area contributed by atoms with E-state index in [0.717, 1.165) is 5.56 Å². The van der Waals surface area contributed by atoms with Crippen LogP contribution in [0.2, 0.25) is 0 Å². The number of fused-ring (bicyclic) bond motifs is 1. The summed E-state index contributed by atoms with van der Waals surface area (Å²) >= 11 is 0. The molecule has 1 aliphatic heterocycles. The molecule has 1 atom stereocenters. The standard InChI is InChI=1S/C11H12F3NO/c12-8-1-2-10-7(3-8)4-9(16-10)5-15-6-11(13)14/h1-3,9,11,15H,4-6H2. The summed E-state index contributed by atoms with van der Waals surface area (Å²) in [5, 5.41) is 2.61. The minimum absolute atomic E-state index is 0.185. The second-order valence-corrected chi connectivity index (χ2v) is 3.75. The van der Waals surface area contributed by atoms with Gasteiger partial charge in [-0.3, -0.25) is 0 Å².